The van der Waals surface area contributed by atoms with Crippen LogP contribution in [0.15, 0.2) is 29.1 Å². The van der Waals surface area contributed by atoms with Gasteiger partial charge in [0.1, 0.15) is 6.04 Å². The number of hydrogen-bond donors (Lipinski definition) is 3. The fraction of sp³-hybridized carbons (Fsp3) is 0.531. The van der Waals surface area contributed by atoms with Crippen LogP contribution in [0.5, 0.6) is 17.2 Å². The number of amides is 2. The molecule has 3 N–H and O–H groups in total. The molecule has 2 unspecified atom stereocenters. The molecule has 1 saturated carbocycles. The summed E-state index contributed by atoms with van der Waals surface area (Å²) in [5.74, 6) is 1.14. The molecule has 0 aromatic heterocycles. The Labute approximate surface area is 242 Å². The Morgan fingerprint density at radius 1 is 0.902 bits per heavy atom. The smallest absolute Gasteiger partial charge is 0.242 e. The minimum absolute atomic E-state index is 0.0500. The first-order chi connectivity index (χ1) is 19.7. The number of methoxy groups -OCH3 is 3. The van der Waals surface area contributed by atoms with Gasteiger partial charge in [-0.25, -0.2) is 0 Å². The van der Waals surface area contributed by atoms with Crippen LogP contribution in [0.3, 0.4) is 0 Å². The van der Waals surface area contributed by atoms with E-state index in [4.69, 9.17) is 14.2 Å². The molecule has 222 valence electrons. The van der Waals surface area contributed by atoms with Gasteiger partial charge in [0.05, 0.1) is 33.1 Å². The molecule has 2 aliphatic rings. The summed E-state index contributed by atoms with van der Waals surface area (Å²) in [5, 5.41) is 9.48. The number of carbonyl (C=O) groups excluding carboxylic acids is 2. The lowest BCUT2D eigenvalue weighted by atomic mass is 9.94. The fourth-order valence-electron chi connectivity index (χ4n) is 6.07. The van der Waals surface area contributed by atoms with Crippen LogP contribution in [0.25, 0.3) is 11.1 Å². The van der Waals surface area contributed by atoms with Crippen LogP contribution in [0.1, 0.15) is 76.5 Å². The number of hydrogen-bond acceptors (Lipinski definition) is 7. The second kappa shape index (κ2) is 13.3. The van der Waals surface area contributed by atoms with Crippen molar-refractivity contribution in [3.05, 3.63) is 45.6 Å². The van der Waals surface area contributed by atoms with Crippen molar-refractivity contribution < 1.29 is 23.8 Å². The monoisotopic (exact) mass is 565 g/mol. The summed E-state index contributed by atoms with van der Waals surface area (Å²) in [6, 6.07) is 6.27. The molecule has 2 aliphatic carbocycles. The summed E-state index contributed by atoms with van der Waals surface area (Å²) in [5.41, 5.74) is 3.21. The van der Waals surface area contributed by atoms with Crippen molar-refractivity contribution in [1.82, 2.24) is 10.6 Å². The minimum atomic E-state index is -0.579. The molecule has 0 radical (unpaired) electrons. The van der Waals surface area contributed by atoms with Gasteiger partial charge in [-0.05, 0) is 66.5 Å². The van der Waals surface area contributed by atoms with Gasteiger partial charge in [0, 0.05) is 18.5 Å². The highest BCUT2D eigenvalue weighted by molar-refractivity contribution is 5.86. The summed E-state index contributed by atoms with van der Waals surface area (Å²) < 4.78 is 17.1. The molecule has 1 fully saturated rings. The average molecular weight is 566 g/mol. The summed E-state index contributed by atoms with van der Waals surface area (Å²) in [7, 11) is 4.70. The highest BCUT2D eigenvalue weighted by Gasteiger charge is 2.30. The van der Waals surface area contributed by atoms with Crippen molar-refractivity contribution in [2.24, 2.45) is 5.92 Å². The zero-order valence-electron chi connectivity index (χ0n) is 25.0. The first kappa shape index (κ1) is 30.2. The molecule has 0 saturated heterocycles. The van der Waals surface area contributed by atoms with E-state index in [2.05, 4.69) is 16.0 Å². The van der Waals surface area contributed by atoms with Gasteiger partial charge < -0.3 is 30.2 Å². The lowest BCUT2D eigenvalue weighted by molar-refractivity contribution is -0.123. The third kappa shape index (κ3) is 6.60. The van der Waals surface area contributed by atoms with Crippen molar-refractivity contribution in [3.8, 4) is 28.4 Å². The molecule has 0 aliphatic heterocycles. The quantitative estimate of drug-likeness (QED) is 0.402. The fourth-order valence-corrected chi connectivity index (χ4v) is 6.07. The molecule has 2 aromatic rings. The highest BCUT2D eigenvalue weighted by atomic mass is 16.5. The van der Waals surface area contributed by atoms with Gasteiger partial charge in [-0.3, -0.25) is 14.4 Å². The normalized spacial score (nSPS) is 17.4. The van der Waals surface area contributed by atoms with Gasteiger partial charge in [0.2, 0.25) is 23.0 Å². The molecule has 2 aromatic carbocycles. The molecule has 0 spiro atoms. The number of fused-ring (bicyclic) bond motifs is 3. The van der Waals surface area contributed by atoms with Crippen molar-refractivity contribution in [2.75, 3.05) is 26.6 Å². The SMILES string of the molecule is COc1cc2c(c(OC)c1OC)-c1ccc(NC(C(=O)NC3CCCCC3)C(C)C)c(=O)cc1C(NC(C)=O)CC2. The van der Waals surface area contributed by atoms with Gasteiger partial charge in [-0.1, -0.05) is 39.2 Å². The number of nitrogens with one attached hydrogen (secondary N) is 3. The number of carbonyl (C=O) groups is 2. The van der Waals surface area contributed by atoms with Crippen LogP contribution in [0.2, 0.25) is 0 Å². The largest absolute Gasteiger partial charge is 0.493 e. The molecule has 2 atom stereocenters. The molecular weight excluding hydrogens is 522 g/mol. The standard InChI is InChI=1S/C32H43N3O6/c1-18(2)29(32(38)34-21-10-8-7-9-11-21)35-25-15-13-22-23(17-26(25)37)24(33-19(3)36)14-12-20-16-27(39-4)30(40-5)31(41-6)28(20)22/h13,15-18,21,24,29H,7-12,14H2,1-6H3,(H,33,36)(H,34,38)(H,35,37). The second-order valence-corrected chi connectivity index (χ2v) is 11.3. The Morgan fingerprint density at radius 3 is 2.22 bits per heavy atom. The van der Waals surface area contributed by atoms with Gasteiger partial charge >= 0.3 is 0 Å². The third-order valence-electron chi connectivity index (χ3n) is 8.13. The summed E-state index contributed by atoms with van der Waals surface area (Å²) >= 11 is 0. The Bertz CT molecular complexity index is 1340. The van der Waals surface area contributed by atoms with Crippen LogP contribution < -0.4 is 35.6 Å². The van der Waals surface area contributed by atoms with E-state index < -0.39 is 12.1 Å². The van der Waals surface area contributed by atoms with Crippen LogP contribution in [-0.4, -0.2) is 45.2 Å². The van der Waals surface area contributed by atoms with Gasteiger partial charge in [-0.2, -0.15) is 0 Å². The number of anilines is 1. The van der Waals surface area contributed by atoms with Gasteiger partial charge in [0.15, 0.2) is 11.5 Å². The lowest BCUT2D eigenvalue weighted by Crippen LogP contribution is -2.48. The molecule has 4 rings (SSSR count). The zero-order valence-corrected chi connectivity index (χ0v) is 25.0. The van der Waals surface area contributed by atoms with E-state index in [1.54, 1.807) is 33.5 Å². The topological polar surface area (TPSA) is 115 Å². The summed E-state index contributed by atoms with van der Waals surface area (Å²) in [4.78, 5) is 39.3. The van der Waals surface area contributed by atoms with Crippen LogP contribution >= 0.6 is 0 Å². The first-order valence-electron chi connectivity index (χ1n) is 14.5. The van der Waals surface area contributed by atoms with Gasteiger partial charge in [0.25, 0.3) is 0 Å². The Hall–Kier alpha value is -3.75. The predicted molar refractivity (Wildman–Crippen MR) is 160 cm³/mol. The van der Waals surface area contributed by atoms with Crippen molar-refractivity contribution >= 4 is 17.5 Å². The Balaban J connectivity index is 1.83. The Kier molecular flexibility index (Phi) is 9.78. The molecule has 9 nitrogen and oxygen atoms in total. The third-order valence-corrected chi connectivity index (χ3v) is 8.13. The maximum atomic E-state index is 13.7. The van der Waals surface area contributed by atoms with Crippen LogP contribution in [-0.2, 0) is 16.0 Å². The van der Waals surface area contributed by atoms with Crippen LogP contribution in [0, 0.1) is 5.92 Å². The van der Waals surface area contributed by atoms with Crippen molar-refractivity contribution in [1.29, 1.82) is 0 Å². The average Bonchev–Trinajstić information content (AvgIpc) is 3.19. The minimum Gasteiger partial charge on any atom is -0.493 e. The molecule has 41 heavy (non-hydrogen) atoms. The predicted octanol–water partition coefficient (Wildman–Crippen LogP) is 4.75. The van der Waals surface area contributed by atoms with E-state index in [9.17, 15) is 14.4 Å². The van der Waals surface area contributed by atoms with Crippen LogP contribution in [0.4, 0.5) is 5.69 Å². The molecular formula is C32H43N3O6. The van der Waals surface area contributed by atoms with E-state index in [0.29, 0.717) is 41.3 Å². The maximum absolute atomic E-state index is 13.7. The summed E-state index contributed by atoms with van der Waals surface area (Å²) in [6.07, 6.45) is 6.59. The number of aryl methyl sites for hydroxylation is 1. The number of benzene rings is 1. The van der Waals surface area contributed by atoms with E-state index >= 15 is 0 Å². The van der Waals surface area contributed by atoms with E-state index in [1.165, 1.54) is 13.3 Å². The first-order valence-corrected chi connectivity index (χ1v) is 14.5. The van der Waals surface area contributed by atoms with E-state index in [0.717, 1.165) is 42.4 Å². The molecule has 9 heteroatoms. The van der Waals surface area contributed by atoms with Gasteiger partial charge in [-0.15, -0.1) is 0 Å². The highest BCUT2D eigenvalue weighted by Crippen LogP contribution is 2.50. The molecule has 0 heterocycles. The van der Waals surface area contributed by atoms with Crippen molar-refractivity contribution in [3.63, 3.8) is 0 Å². The molecule has 0 bridgehead atoms. The second-order valence-electron chi connectivity index (χ2n) is 11.3. The zero-order chi connectivity index (χ0) is 29.7. The summed E-state index contributed by atoms with van der Waals surface area (Å²) in [6.45, 7) is 5.40. The van der Waals surface area contributed by atoms with E-state index in [-0.39, 0.29) is 29.2 Å². The van der Waals surface area contributed by atoms with E-state index in [1.807, 2.05) is 26.0 Å². The lowest BCUT2D eigenvalue weighted by Gasteiger charge is -2.27. The number of ether oxygens (including phenoxy) is 3. The Morgan fingerprint density at radius 2 is 1.61 bits per heavy atom. The van der Waals surface area contributed by atoms with Crippen molar-refractivity contribution in [2.45, 2.75) is 83.8 Å². The molecule has 2 amide bonds. The number of rotatable bonds is 9. The maximum Gasteiger partial charge on any atom is 0.242 e.